The number of hydrogen-bond acceptors (Lipinski definition) is 7. The summed E-state index contributed by atoms with van der Waals surface area (Å²) in [6, 6.07) is 8.06. The number of nitrogens with zero attached hydrogens (tertiary/aromatic N) is 7. The Kier molecular flexibility index (Phi) is 5.68. The molecular formula is C24H25N7O. The van der Waals surface area contributed by atoms with Crippen molar-refractivity contribution in [2.45, 2.75) is 25.8 Å². The lowest BCUT2D eigenvalue weighted by Crippen LogP contribution is -2.36. The highest BCUT2D eigenvalue weighted by Gasteiger charge is 2.25. The van der Waals surface area contributed by atoms with Gasteiger partial charge in [-0.15, -0.1) is 0 Å². The zero-order valence-corrected chi connectivity index (χ0v) is 18.1. The largest absolute Gasteiger partial charge is 0.299 e. The highest BCUT2D eigenvalue weighted by molar-refractivity contribution is 5.86. The van der Waals surface area contributed by atoms with E-state index in [0.29, 0.717) is 6.42 Å². The highest BCUT2D eigenvalue weighted by atomic mass is 16.1. The third-order valence-electron chi connectivity index (χ3n) is 6.07. The predicted octanol–water partition coefficient (Wildman–Crippen LogP) is 2.84. The van der Waals surface area contributed by atoms with Crippen LogP contribution in [0.2, 0.25) is 0 Å². The van der Waals surface area contributed by atoms with Crippen LogP contribution in [0.4, 0.5) is 0 Å². The van der Waals surface area contributed by atoms with Crippen LogP contribution < -0.4 is 0 Å². The van der Waals surface area contributed by atoms with Gasteiger partial charge in [0.25, 0.3) is 0 Å². The molecule has 0 N–H and O–H groups in total. The maximum absolute atomic E-state index is 12.9. The molecule has 1 saturated heterocycles. The second-order valence-corrected chi connectivity index (χ2v) is 8.40. The molecular weight excluding hydrogens is 402 g/mol. The van der Waals surface area contributed by atoms with Gasteiger partial charge in [0, 0.05) is 55.2 Å². The van der Waals surface area contributed by atoms with E-state index < -0.39 is 0 Å². The molecule has 0 bridgehead atoms. The molecule has 3 aromatic heterocycles. The van der Waals surface area contributed by atoms with Gasteiger partial charge >= 0.3 is 0 Å². The Morgan fingerprint density at radius 1 is 1.03 bits per heavy atom. The van der Waals surface area contributed by atoms with Crippen molar-refractivity contribution in [3.63, 3.8) is 0 Å². The molecule has 0 spiro atoms. The molecule has 0 radical (unpaired) electrons. The van der Waals surface area contributed by atoms with Crippen molar-refractivity contribution in [3.8, 4) is 11.1 Å². The van der Waals surface area contributed by atoms with Crippen LogP contribution in [-0.4, -0.2) is 53.7 Å². The standard InChI is InChI=1S/C24H25N7O/c1-30-15-20(13-27-30)18-2-3-23-19(10-18)11-21(28-29-23)12-24(32)17-4-8-31(9-5-17)16-22-14-25-6-7-26-22/h2-3,6-7,10-11,13-15,17H,4-5,8-9,12,16H2,1H3. The van der Waals surface area contributed by atoms with Gasteiger partial charge in [-0.2, -0.15) is 15.3 Å². The third kappa shape index (κ3) is 4.55. The molecule has 5 rings (SSSR count). The molecule has 0 amide bonds. The Bertz CT molecular complexity index is 1230. The van der Waals surface area contributed by atoms with Crippen LogP contribution in [0, 0.1) is 5.92 Å². The van der Waals surface area contributed by atoms with Gasteiger partial charge in [0.2, 0.25) is 0 Å². The number of likely N-dealkylation sites (tertiary alicyclic amines) is 1. The molecule has 1 aromatic carbocycles. The van der Waals surface area contributed by atoms with E-state index in [-0.39, 0.29) is 11.7 Å². The number of hydrogen-bond donors (Lipinski definition) is 0. The summed E-state index contributed by atoms with van der Waals surface area (Å²) in [6.45, 7) is 2.57. The smallest absolute Gasteiger partial charge is 0.142 e. The molecule has 0 atom stereocenters. The number of fused-ring (bicyclic) bond motifs is 1. The van der Waals surface area contributed by atoms with Crippen molar-refractivity contribution < 1.29 is 4.79 Å². The molecule has 1 aliphatic rings. The molecule has 32 heavy (non-hydrogen) atoms. The fourth-order valence-corrected chi connectivity index (χ4v) is 4.30. The first-order valence-electron chi connectivity index (χ1n) is 10.9. The number of piperidine rings is 1. The van der Waals surface area contributed by atoms with Crippen LogP contribution in [0.25, 0.3) is 22.0 Å². The van der Waals surface area contributed by atoms with Crippen molar-refractivity contribution >= 4 is 16.7 Å². The monoisotopic (exact) mass is 427 g/mol. The quantitative estimate of drug-likeness (QED) is 0.467. The number of rotatable bonds is 6. The molecule has 1 aliphatic heterocycles. The number of ketones is 1. The molecule has 0 aliphatic carbocycles. The molecule has 8 heteroatoms. The minimum atomic E-state index is 0.0762. The fourth-order valence-electron chi connectivity index (χ4n) is 4.30. The van der Waals surface area contributed by atoms with E-state index in [1.165, 1.54) is 0 Å². The maximum Gasteiger partial charge on any atom is 0.142 e. The van der Waals surface area contributed by atoms with E-state index >= 15 is 0 Å². The molecule has 1 fully saturated rings. The third-order valence-corrected chi connectivity index (χ3v) is 6.07. The summed E-state index contributed by atoms with van der Waals surface area (Å²) in [7, 11) is 1.90. The summed E-state index contributed by atoms with van der Waals surface area (Å²) in [6.07, 6.45) is 11.1. The second-order valence-electron chi connectivity index (χ2n) is 8.40. The SMILES string of the molecule is Cn1cc(-c2ccc3nnc(CC(=O)C4CCN(Cc5cnccn5)CC4)cc3c2)cn1. The number of carbonyl (C=O) groups excluding carboxylic acids is 1. The average molecular weight is 428 g/mol. The van der Waals surface area contributed by atoms with Crippen LogP contribution in [-0.2, 0) is 24.8 Å². The van der Waals surface area contributed by atoms with Gasteiger partial charge in [0.05, 0.1) is 29.5 Å². The van der Waals surface area contributed by atoms with Crippen molar-refractivity contribution in [2.24, 2.45) is 13.0 Å². The molecule has 8 nitrogen and oxygen atoms in total. The first kappa shape index (κ1) is 20.4. The Hall–Kier alpha value is -3.52. The maximum atomic E-state index is 12.9. The summed E-state index contributed by atoms with van der Waals surface area (Å²) in [4.78, 5) is 23.7. The summed E-state index contributed by atoms with van der Waals surface area (Å²) in [5.74, 6) is 0.327. The first-order valence-corrected chi connectivity index (χ1v) is 10.9. The predicted molar refractivity (Wildman–Crippen MR) is 120 cm³/mol. The Labute approximate surface area is 186 Å². The van der Waals surface area contributed by atoms with Crippen molar-refractivity contribution in [3.05, 3.63) is 66.6 Å². The van der Waals surface area contributed by atoms with Gasteiger partial charge in [-0.05, 0) is 49.7 Å². The zero-order valence-electron chi connectivity index (χ0n) is 18.1. The molecule has 0 saturated carbocycles. The van der Waals surface area contributed by atoms with E-state index in [9.17, 15) is 4.79 Å². The number of aromatic nitrogens is 6. The molecule has 162 valence electrons. The second kappa shape index (κ2) is 8.92. The summed E-state index contributed by atoms with van der Waals surface area (Å²) in [5.41, 5.74) is 4.65. The minimum Gasteiger partial charge on any atom is -0.299 e. The lowest BCUT2D eigenvalue weighted by molar-refractivity contribution is -0.123. The van der Waals surface area contributed by atoms with Gasteiger partial charge in [0.1, 0.15) is 5.78 Å². The lowest BCUT2D eigenvalue weighted by Gasteiger charge is -2.30. The summed E-state index contributed by atoms with van der Waals surface area (Å²) in [5, 5.41) is 13.9. The van der Waals surface area contributed by atoms with Gasteiger partial charge in [-0.1, -0.05) is 6.07 Å². The normalized spacial score (nSPS) is 15.3. The minimum absolute atomic E-state index is 0.0762. The van der Waals surface area contributed by atoms with Crippen LogP contribution in [0.3, 0.4) is 0 Å². The van der Waals surface area contributed by atoms with Gasteiger partial charge in [-0.25, -0.2) is 0 Å². The van der Waals surface area contributed by atoms with E-state index in [0.717, 1.165) is 65.9 Å². The van der Waals surface area contributed by atoms with Gasteiger partial charge in [-0.3, -0.25) is 24.3 Å². The van der Waals surface area contributed by atoms with E-state index in [4.69, 9.17) is 0 Å². The van der Waals surface area contributed by atoms with Crippen molar-refractivity contribution in [2.75, 3.05) is 13.1 Å². The fraction of sp³-hybridized carbons (Fsp3) is 0.333. The number of benzene rings is 1. The van der Waals surface area contributed by atoms with Gasteiger partial charge in [0.15, 0.2) is 0 Å². The Morgan fingerprint density at radius 2 is 1.91 bits per heavy atom. The Balaban J connectivity index is 1.22. The Morgan fingerprint density at radius 3 is 2.66 bits per heavy atom. The number of Topliss-reactive ketones (excluding diaryl/α,β-unsaturated/α-hetero) is 1. The molecule has 4 heterocycles. The topological polar surface area (TPSA) is 89.7 Å². The highest BCUT2D eigenvalue weighted by Crippen LogP contribution is 2.24. The van der Waals surface area contributed by atoms with E-state index in [1.807, 2.05) is 37.6 Å². The number of carbonyl (C=O) groups is 1. The average Bonchev–Trinajstić information content (AvgIpc) is 3.26. The van der Waals surface area contributed by atoms with Crippen molar-refractivity contribution in [1.82, 2.24) is 34.8 Å². The number of aryl methyl sites for hydroxylation is 1. The van der Waals surface area contributed by atoms with Crippen LogP contribution in [0.5, 0.6) is 0 Å². The zero-order chi connectivity index (χ0) is 21.9. The first-order chi connectivity index (χ1) is 15.6. The van der Waals surface area contributed by atoms with Crippen LogP contribution in [0.1, 0.15) is 24.2 Å². The van der Waals surface area contributed by atoms with Crippen LogP contribution >= 0.6 is 0 Å². The van der Waals surface area contributed by atoms with E-state index in [2.05, 4.69) is 36.2 Å². The van der Waals surface area contributed by atoms with E-state index in [1.54, 1.807) is 23.3 Å². The van der Waals surface area contributed by atoms with Crippen LogP contribution in [0.15, 0.2) is 55.2 Å². The molecule has 0 unspecified atom stereocenters. The van der Waals surface area contributed by atoms with Gasteiger partial charge < -0.3 is 0 Å². The lowest BCUT2D eigenvalue weighted by atomic mass is 9.90. The molecule has 4 aromatic rings. The van der Waals surface area contributed by atoms with Crippen molar-refractivity contribution in [1.29, 1.82) is 0 Å². The summed E-state index contributed by atoms with van der Waals surface area (Å²) >= 11 is 0. The summed E-state index contributed by atoms with van der Waals surface area (Å²) < 4.78 is 1.78.